The van der Waals surface area contributed by atoms with Crippen molar-refractivity contribution in [1.29, 1.82) is 0 Å². The summed E-state index contributed by atoms with van der Waals surface area (Å²) in [5, 5.41) is 13.5. The average molecular weight is 220 g/mol. The fourth-order valence-corrected chi connectivity index (χ4v) is 2.31. The summed E-state index contributed by atoms with van der Waals surface area (Å²) in [6.07, 6.45) is 4.07. The predicted octanol–water partition coefficient (Wildman–Crippen LogP) is 2.29. The molecule has 88 valence electrons. The third-order valence-electron chi connectivity index (χ3n) is 3.52. The van der Waals surface area contributed by atoms with Crippen molar-refractivity contribution in [3.05, 3.63) is 23.8 Å². The van der Waals surface area contributed by atoms with E-state index in [1.54, 1.807) is 0 Å². The summed E-state index contributed by atoms with van der Waals surface area (Å²) in [7, 11) is 0. The number of benzene rings is 1. The van der Waals surface area contributed by atoms with E-state index in [1.807, 2.05) is 25.1 Å². The van der Waals surface area contributed by atoms with Crippen molar-refractivity contribution in [2.75, 3.05) is 17.6 Å². The maximum absolute atomic E-state index is 10.2. The van der Waals surface area contributed by atoms with Gasteiger partial charge >= 0.3 is 0 Å². The van der Waals surface area contributed by atoms with Gasteiger partial charge in [-0.3, -0.25) is 0 Å². The monoisotopic (exact) mass is 220 g/mol. The third kappa shape index (κ3) is 2.30. The second-order valence-electron chi connectivity index (χ2n) is 4.80. The molecule has 0 aromatic heterocycles. The molecule has 2 rings (SSSR count). The highest BCUT2D eigenvalue weighted by Crippen LogP contribution is 2.30. The molecule has 0 spiro atoms. The van der Waals surface area contributed by atoms with Gasteiger partial charge in [0.2, 0.25) is 0 Å². The van der Waals surface area contributed by atoms with Crippen molar-refractivity contribution < 1.29 is 5.11 Å². The Morgan fingerprint density at radius 1 is 1.38 bits per heavy atom. The number of nitrogen functional groups attached to an aromatic ring is 1. The minimum absolute atomic E-state index is 0.517. The van der Waals surface area contributed by atoms with Gasteiger partial charge in [0.15, 0.2) is 0 Å². The standard InChI is InChI=1S/C13H20N2O/c1-10-11(14)5-4-6-12(10)15-9-13(16)7-2-3-8-13/h4-6,15-16H,2-3,7-9,14H2,1H3. The van der Waals surface area contributed by atoms with Gasteiger partial charge < -0.3 is 16.2 Å². The first kappa shape index (κ1) is 11.3. The molecular weight excluding hydrogens is 200 g/mol. The van der Waals surface area contributed by atoms with Crippen molar-refractivity contribution >= 4 is 11.4 Å². The van der Waals surface area contributed by atoms with Crippen LogP contribution in [0, 0.1) is 6.92 Å². The van der Waals surface area contributed by atoms with Crippen molar-refractivity contribution in [3.8, 4) is 0 Å². The van der Waals surface area contributed by atoms with Crippen LogP contribution in [0.4, 0.5) is 11.4 Å². The Kier molecular flexibility index (Phi) is 3.06. The molecule has 1 fully saturated rings. The SMILES string of the molecule is Cc1c(N)cccc1NCC1(O)CCCC1. The Labute approximate surface area is 96.7 Å². The number of aliphatic hydroxyl groups is 1. The van der Waals surface area contributed by atoms with Crippen LogP contribution in [-0.4, -0.2) is 17.3 Å². The fraction of sp³-hybridized carbons (Fsp3) is 0.538. The van der Waals surface area contributed by atoms with Crippen molar-refractivity contribution in [2.24, 2.45) is 0 Å². The van der Waals surface area contributed by atoms with Crippen LogP contribution in [0.1, 0.15) is 31.2 Å². The van der Waals surface area contributed by atoms with E-state index in [4.69, 9.17) is 5.73 Å². The van der Waals surface area contributed by atoms with E-state index in [1.165, 1.54) is 0 Å². The molecule has 0 amide bonds. The molecule has 0 bridgehead atoms. The molecule has 0 saturated heterocycles. The highest BCUT2D eigenvalue weighted by Gasteiger charge is 2.30. The minimum Gasteiger partial charge on any atom is -0.398 e. The topological polar surface area (TPSA) is 58.3 Å². The van der Waals surface area contributed by atoms with E-state index in [0.717, 1.165) is 42.6 Å². The van der Waals surface area contributed by atoms with E-state index in [9.17, 15) is 5.11 Å². The van der Waals surface area contributed by atoms with E-state index in [0.29, 0.717) is 6.54 Å². The lowest BCUT2D eigenvalue weighted by Crippen LogP contribution is -2.33. The number of anilines is 2. The van der Waals surface area contributed by atoms with Crippen LogP contribution >= 0.6 is 0 Å². The molecule has 3 heteroatoms. The van der Waals surface area contributed by atoms with Crippen LogP contribution in [-0.2, 0) is 0 Å². The molecule has 0 unspecified atom stereocenters. The van der Waals surface area contributed by atoms with Gasteiger partial charge in [-0.2, -0.15) is 0 Å². The van der Waals surface area contributed by atoms with Gasteiger partial charge in [-0.25, -0.2) is 0 Å². The summed E-state index contributed by atoms with van der Waals surface area (Å²) in [6, 6.07) is 5.83. The summed E-state index contributed by atoms with van der Waals surface area (Å²) in [6.45, 7) is 2.62. The Bertz CT molecular complexity index is 370. The van der Waals surface area contributed by atoms with Gasteiger partial charge in [-0.05, 0) is 37.5 Å². The zero-order chi connectivity index (χ0) is 11.6. The smallest absolute Gasteiger partial charge is 0.0819 e. The highest BCUT2D eigenvalue weighted by molar-refractivity contribution is 5.62. The van der Waals surface area contributed by atoms with Crippen molar-refractivity contribution in [3.63, 3.8) is 0 Å². The maximum atomic E-state index is 10.2. The Hall–Kier alpha value is -1.22. The van der Waals surface area contributed by atoms with Gasteiger partial charge in [-0.15, -0.1) is 0 Å². The molecule has 0 radical (unpaired) electrons. The van der Waals surface area contributed by atoms with E-state index >= 15 is 0 Å². The molecule has 4 N–H and O–H groups in total. The zero-order valence-electron chi connectivity index (χ0n) is 9.79. The number of hydrogen-bond donors (Lipinski definition) is 3. The normalized spacial score (nSPS) is 18.6. The van der Waals surface area contributed by atoms with Crippen molar-refractivity contribution in [2.45, 2.75) is 38.2 Å². The van der Waals surface area contributed by atoms with E-state index in [2.05, 4.69) is 5.32 Å². The number of nitrogens with one attached hydrogen (secondary N) is 1. The van der Waals surface area contributed by atoms with E-state index in [-0.39, 0.29) is 0 Å². The molecule has 16 heavy (non-hydrogen) atoms. The molecule has 1 aliphatic carbocycles. The maximum Gasteiger partial charge on any atom is 0.0819 e. The molecule has 1 saturated carbocycles. The Morgan fingerprint density at radius 3 is 2.75 bits per heavy atom. The van der Waals surface area contributed by atoms with Crippen molar-refractivity contribution in [1.82, 2.24) is 0 Å². The number of hydrogen-bond acceptors (Lipinski definition) is 3. The average Bonchev–Trinajstić information content (AvgIpc) is 2.68. The summed E-state index contributed by atoms with van der Waals surface area (Å²) >= 11 is 0. The molecule has 0 aliphatic heterocycles. The molecule has 1 aliphatic rings. The second kappa shape index (κ2) is 4.34. The molecular formula is C13H20N2O. The highest BCUT2D eigenvalue weighted by atomic mass is 16.3. The van der Waals surface area contributed by atoms with Gasteiger partial charge in [-0.1, -0.05) is 18.9 Å². The van der Waals surface area contributed by atoms with E-state index < -0.39 is 5.60 Å². The first-order valence-corrected chi connectivity index (χ1v) is 5.92. The fourth-order valence-electron chi connectivity index (χ4n) is 2.31. The minimum atomic E-state index is -0.517. The first-order chi connectivity index (χ1) is 7.61. The number of rotatable bonds is 3. The third-order valence-corrected chi connectivity index (χ3v) is 3.52. The first-order valence-electron chi connectivity index (χ1n) is 5.92. The van der Waals surface area contributed by atoms with Gasteiger partial charge in [0, 0.05) is 17.9 Å². The molecule has 3 nitrogen and oxygen atoms in total. The van der Waals surface area contributed by atoms with Crippen LogP contribution in [0.2, 0.25) is 0 Å². The molecule has 1 aromatic carbocycles. The van der Waals surface area contributed by atoms with Crippen LogP contribution in [0.15, 0.2) is 18.2 Å². The van der Waals surface area contributed by atoms with Crippen LogP contribution < -0.4 is 11.1 Å². The van der Waals surface area contributed by atoms with Gasteiger partial charge in [0.05, 0.1) is 5.60 Å². The zero-order valence-corrected chi connectivity index (χ0v) is 9.79. The summed E-state index contributed by atoms with van der Waals surface area (Å²) in [4.78, 5) is 0. The summed E-state index contributed by atoms with van der Waals surface area (Å²) in [5.41, 5.74) is 8.20. The molecule has 0 heterocycles. The second-order valence-corrected chi connectivity index (χ2v) is 4.80. The summed E-state index contributed by atoms with van der Waals surface area (Å²) in [5.74, 6) is 0. The quantitative estimate of drug-likeness (QED) is 0.685. The predicted molar refractivity (Wildman–Crippen MR) is 67.5 cm³/mol. The molecule has 1 aromatic rings. The van der Waals surface area contributed by atoms with Crippen LogP contribution in [0.25, 0.3) is 0 Å². The lowest BCUT2D eigenvalue weighted by molar-refractivity contribution is 0.0614. The largest absolute Gasteiger partial charge is 0.398 e. The lowest BCUT2D eigenvalue weighted by Gasteiger charge is -2.23. The van der Waals surface area contributed by atoms with Gasteiger partial charge in [0.1, 0.15) is 0 Å². The Balaban J connectivity index is 2.02. The molecule has 0 atom stereocenters. The van der Waals surface area contributed by atoms with Crippen LogP contribution in [0.3, 0.4) is 0 Å². The number of nitrogens with two attached hydrogens (primary N) is 1. The Morgan fingerprint density at radius 2 is 2.06 bits per heavy atom. The lowest BCUT2D eigenvalue weighted by atomic mass is 10.0. The van der Waals surface area contributed by atoms with Gasteiger partial charge in [0.25, 0.3) is 0 Å². The van der Waals surface area contributed by atoms with Crippen LogP contribution in [0.5, 0.6) is 0 Å². The summed E-state index contributed by atoms with van der Waals surface area (Å²) < 4.78 is 0.